The number of hydrogen-bond acceptors (Lipinski definition) is 6. The van der Waals surface area contributed by atoms with E-state index in [0.29, 0.717) is 43.2 Å². The quantitative estimate of drug-likeness (QED) is 0.246. The summed E-state index contributed by atoms with van der Waals surface area (Å²) in [7, 11) is 3.25. The van der Waals surface area contributed by atoms with Crippen LogP contribution in [-0.4, -0.2) is 47.2 Å². The van der Waals surface area contributed by atoms with Crippen LogP contribution in [0, 0.1) is 18.6 Å². The summed E-state index contributed by atoms with van der Waals surface area (Å²) >= 11 is 0. The zero-order chi connectivity index (χ0) is 27.4. The van der Waals surface area contributed by atoms with E-state index in [1.807, 2.05) is 25.1 Å². The number of pyridine rings is 1. The van der Waals surface area contributed by atoms with Gasteiger partial charge in [-0.2, -0.15) is 0 Å². The molecule has 39 heavy (non-hydrogen) atoms. The lowest BCUT2D eigenvalue weighted by atomic mass is 9.98. The molecule has 0 saturated heterocycles. The normalized spacial score (nSPS) is 12.7. The van der Waals surface area contributed by atoms with Crippen molar-refractivity contribution in [1.82, 2.24) is 14.0 Å². The van der Waals surface area contributed by atoms with Gasteiger partial charge in [-0.25, -0.2) is 13.8 Å². The summed E-state index contributed by atoms with van der Waals surface area (Å²) in [5.74, 6) is -0.473. The maximum Gasteiger partial charge on any atom is 0.209 e. The lowest BCUT2D eigenvalue weighted by Gasteiger charge is -2.20. The van der Waals surface area contributed by atoms with Crippen LogP contribution in [0.4, 0.5) is 14.5 Å². The summed E-state index contributed by atoms with van der Waals surface area (Å²) in [6, 6.07) is 9.35. The third-order valence-electron chi connectivity index (χ3n) is 7.22. The van der Waals surface area contributed by atoms with E-state index in [4.69, 9.17) is 24.9 Å². The van der Waals surface area contributed by atoms with Gasteiger partial charge in [0.2, 0.25) is 5.78 Å². The van der Waals surface area contributed by atoms with Crippen LogP contribution in [0.25, 0.3) is 27.7 Å². The number of methoxy groups -OCH3 is 2. The number of carbonyl (C=O) groups is 1. The Morgan fingerprint density at radius 1 is 1.18 bits per heavy atom. The number of hydrogen-bond donors (Lipinski definition) is 1. The molecule has 0 saturated carbocycles. The van der Waals surface area contributed by atoms with Crippen LogP contribution in [0.1, 0.15) is 27.4 Å². The highest BCUT2D eigenvalue weighted by atomic mass is 19.1. The smallest absolute Gasteiger partial charge is 0.209 e. The molecule has 0 unspecified atom stereocenters. The topological polar surface area (TPSA) is 93.0 Å². The number of nitrogens with two attached hydrogens (primary N) is 1. The Balaban J connectivity index is 1.59. The number of halogens is 2. The van der Waals surface area contributed by atoms with E-state index in [1.165, 1.54) is 0 Å². The molecule has 0 atom stereocenters. The number of ketones is 1. The Morgan fingerprint density at radius 3 is 2.67 bits per heavy atom. The Kier molecular flexibility index (Phi) is 5.99. The average molecular weight is 533 g/mol. The molecule has 3 aromatic heterocycles. The lowest BCUT2D eigenvalue weighted by Crippen LogP contribution is -2.09. The molecule has 4 heterocycles. The Morgan fingerprint density at radius 2 is 1.95 bits per heavy atom. The van der Waals surface area contributed by atoms with Crippen LogP contribution in [0.15, 0.2) is 42.6 Å². The van der Waals surface area contributed by atoms with Gasteiger partial charge in [0, 0.05) is 43.5 Å². The van der Waals surface area contributed by atoms with Crippen LogP contribution < -0.4 is 15.2 Å². The van der Waals surface area contributed by atoms with Gasteiger partial charge in [-0.3, -0.25) is 4.79 Å². The number of fused-ring (bicyclic) bond motifs is 4. The van der Waals surface area contributed by atoms with Crippen LogP contribution in [0.2, 0.25) is 0 Å². The molecule has 0 spiro atoms. The zero-order valence-electron chi connectivity index (χ0n) is 21.7. The van der Waals surface area contributed by atoms with Crippen LogP contribution in [0.3, 0.4) is 0 Å². The number of carbonyl (C=O) groups excluding carboxylic acids is 1. The number of rotatable bonds is 6. The van der Waals surface area contributed by atoms with Crippen LogP contribution in [0.5, 0.6) is 11.5 Å². The van der Waals surface area contributed by atoms with E-state index in [2.05, 4.69) is 4.57 Å². The van der Waals surface area contributed by atoms with Gasteiger partial charge in [0.15, 0.2) is 5.75 Å². The van der Waals surface area contributed by atoms with Crippen LogP contribution >= 0.6 is 0 Å². The van der Waals surface area contributed by atoms with Crippen molar-refractivity contribution in [2.24, 2.45) is 0 Å². The minimum absolute atomic E-state index is 0.126. The Labute approximate surface area is 222 Å². The molecule has 1 aliphatic rings. The first-order valence-electron chi connectivity index (χ1n) is 12.5. The van der Waals surface area contributed by atoms with Crippen molar-refractivity contribution < 1.29 is 27.8 Å². The molecule has 1 aliphatic heterocycles. The summed E-state index contributed by atoms with van der Waals surface area (Å²) in [6.45, 7) is 3.41. The number of benzene rings is 2. The van der Waals surface area contributed by atoms with Crippen molar-refractivity contribution in [2.45, 2.75) is 19.9 Å². The van der Waals surface area contributed by atoms with Crippen LogP contribution in [-0.2, 0) is 17.7 Å². The molecule has 0 fully saturated rings. The fourth-order valence-corrected chi connectivity index (χ4v) is 5.38. The number of ether oxygens (including phenoxy) is 3. The first-order chi connectivity index (χ1) is 18.8. The van der Waals surface area contributed by atoms with Gasteiger partial charge in [-0.15, -0.1) is 0 Å². The third kappa shape index (κ3) is 3.82. The number of aromatic nitrogens is 3. The fourth-order valence-electron chi connectivity index (χ4n) is 5.38. The highest BCUT2D eigenvalue weighted by Gasteiger charge is 2.28. The van der Waals surface area contributed by atoms with E-state index >= 15 is 0 Å². The Hall–Kier alpha value is -4.44. The molecular weight excluding hydrogens is 506 g/mol. The van der Waals surface area contributed by atoms with Crippen molar-refractivity contribution in [3.8, 4) is 22.6 Å². The van der Waals surface area contributed by atoms with E-state index in [-0.39, 0.29) is 11.3 Å². The molecule has 6 rings (SSSR count). The molecule has 2 aromatic carbocycles. The summed E-state index contributed by atoms with van der Waals surface area (Å²) < 4.78 is 49.7. The maximum atomic E-state index is 14.2. The second-order valence-electron chi connectivity index (χ2n) is 9.43. The van der Waals surface area contributed by atoms with E-state index < -0.39 is 23.1 Å². The standard InChI is InChI=1S/C29H26F2N4O4/c1-15-33-26-21(34(15)8-10-37-2)14-23(38-3)24-18-5-4-7-35-22(13-16(27(18)35)6-9-39-29(24)26)28(36)17-11-19(30)25(32)20(31)12-17/h4-5,7,11-14H,6,8-10,32H2,1-3H3. The van der Waals surface area contributed by atoms with Gasteiger partial charge in [-0.05, 0) is 36.8 Å². The second kappa shape index (κ2) is 9.39. The molecule has 200 valence electrons. The number of imidazole rings is 1. The predicted molar refractivity (Wildman–Crippen MR) is 143 cm³/mol. The van der Waals surface area contributed by atoms with Crippen molar-refractivity contribution >= 4 is 28.0 Å². The average Bonchev–Trinajstić information content (AvgIpc) is 3.45. The van der Waals surface area contributed by atoms with Crippen molar-refractivity contribution in [1.29, 1.82) is 0 Å². The monoisotopic (exact) mass is 532 g/mol. The van der Waals surface area contributed by atoms with Gasteiger partial charge in [0.25, 0.3) is 0 Å². The van der Waals surface area contributed by atoms with Gasteiger partial charge < -0.3 is 28.9 Å². The second-order valence-corrected chi connectivity index (χ2v) is 9.43. The van der Waals surface area contributed by atoms with Crippen molar-refractivity contribution in [3.05, 3.63) is 76.9 Å². The molecule has 5 aromatic rings. The fraction of sp³-hybridized carbons (Fsp3) is 0.241. The molecule has 10 heteroatoms. The number of anilines is 1. The third-order valence-corrected chi connectivity index (χ3v) is 7.22. The van der Waals surface area contributed by atoms with E-state index in [1.54, 1.807) is 30.9 Å². The van der Waals surface area contributed by atoms with Crippen molar-refractivity contribution in [2.75, 3.05) is 33.2 Å². The minimum Gasteiger partial charge on any atom is -0.496 e. The molecule has 0 bridgehead atoms. The predicted octanol–water partition coefficient (Wildman–Crippen LogP) is 4.95. The molecule has 0 radical (unpaired) electrons. The van der Waals surface area contributed by atoms with E-state index in [0.717, 1.165) is 45.7 Å². The molecular formula is C29H26F2N4O4. The largest absolute Gasteiger partial charge is 0.496 e. The SMILES string of the molecule is COCCn1c(C)nc2c3c(c(OC)cc21)-c1cccn2c(C(=O)c4cc(F)c(N)c(F)c4)cc(c12)CCO3. The summed E-state index contributed by atoms with van der Waals surface area (Å²) in [4.78, 5) is 18.3. The number of nitrogen functional groups attached to an aromatic ring is 1. The molecule has 8 nitrogen and oxygen atoms in total. The molecule has 0 aliphatic carbocycles. The molecule has 0 amide bonds. The van der Waals surface area contributed by atoms with E-state index in [9.17, 15) is 13.6 Å². The number of aryl methyl sites for hydroxylation is 1. The van der Waals surface area contributed by atoms with Crippen molar-refractivity contribution in [3.63, 3.8) is 0 Å². The first kappa shape index (κ1) is 24.9. The molecule has 2 N–H and O–H groups in total. The zero-order valence-corrected chi connectivity index (χ0v) is 21.7. The lowest BCUT2D eigenvalue weighted by molar-refractivity contribution is 0.103. The summed E-state index contributed by atoms with van der Waals surface area (Å²) in [5.41, 5.74) is 9.67. The minimum atomic E-state index is -0.977. The van der Waals surface area contributed by atoms with Gasteiger partial charge in [0.1, 0.15) is 34.4 Å². The number of nitrogens with zero attached hydrogens (tertiary/aromatic N) is 3. The summed E-state index contributed by atoms with van der Waals surface area (Å²) in [5, 5.41) is 0. The van der Waals surface area contributed by atoms with Gasteiger partial charge >= 0.3 is 0 Å². The van der Waals surface area contributed by atoms with Gasteiger partial charge in [0.05, 0.1) is 42.6 Å². The highest BCUT2D eigenvalue weighted by molar-refractivity contribution is 6.10. The highest BCUT2D eigenvalue weighted by Crippen LogP contribution is 2.47. The Bertz CT molecular complexity index is 1770. The van der Waals surface area contributed by atoms with Gasteiger partial charge in [-0.1, -0.05) is 6.07 Å². The summed E-state index contributed by atoms with van der Waals surface area (Å²) in [6.07, 6.45) is 2.26. The maximum absolute atomic E-state index is 14.2. The first-order valence-corrected chi connectivity index (χ1v) is 12.5.